The van der Waals surface area contributed by atoms with Crippen molar-refractivity contribution in [2.45, 2.75) is 18.8 Å². The number of hydrogen-bond acceptors (Lipinski definition) is 6. The van der Waals surface area contributed by atoms with Gasteiger partial charge >= 0.3 is 0 Å². The number of halogens is 1. The molecule has 7 heteroatoms. The zero-order chi connectivity index (χ0) is 14.2. The molecule has 0 radical (unpaired) electrons. The first-order chi connectivity index (χ1) is 10.3. The molecule has 4 rings (SSSR count). The van der Waals surface area contributed by atoms with Gasteiger partial charge in [0.05, 0.1) is 0 Å². The summed E-state index contributed by atoms with van der Waals surface area (Å²) in [6, 6.07) is 4.11. The van der Waals surface area contributed by atoms with Gasteiger partial charge in [0.1, 0.15) is 11.6 Å². The first-order valence-corrected chi connectivity index (χ1v) is 8.81. The molecule has 2 aromatic rings. The maximum atomic E-state index is 4.70. The fourth-order valence-electron chi connectivity index (χ4n) is 2.54. The molecule has 0 spiro atoms. The van der Waals surface area contributed by atoms with E-state index in [1.165, 1.54) is 12.8 Å². The second kappa shape index (κ2) is 5.53. The first-order valence-electron chi connectivity index (χ1n) is 7.24. The van der Waals surface area contributed by atoms with Gasteiger partial charge in [-0.2, -0.15) is 4.37 Å². The van der Waals surface area contributed by atoms with Crippen molar-refractivity contribution in [2.75, 3.05) is 36.0 Å². The van der Waals surface area contributed by atoms with Crippen LogP contribution in [0.2, 0.25) is 0 Å². The minimum absolute atomic E-state index is 0.642. The van der Waals surface area contributed by atoms with Gasteiger partial charge in [-0.1, -0.05) is 0 Å². The molecule has 0 amide bonds. The molecule has 110 valence electrons. The van der Waals surface area contributed by atoms with E-state index in [0.29, 0.717) is 5.92 Å². The fourth-order valence-corrected chi connectivity index (χ4v) is 3.58. The predicted molar refractivity (Wildman–Crippen MR) is 88.2 cm³/mol. The third kappa shape index (κ3) is 2.89. The van der Waals surface area contributed by atoms with Crippen LogP contribution in [-0.4, -0.2) is 40.5 Å². The summed E-state index contributed by atoms with van der Waals surface area (Å²) >= 11 is 4.97. The summed E-state index contributed by atoms with van der Waals surface area (Å²) < 4.78 is 5.52. The largest absolute Gasteiger partial charge is 0.353 e. The summed E-state index contributed by atoms with van der Waals surface area (Å²) in [7, 11) is 0. The second-order valence-electron chi connectivity index (χ2n) is 5.52. The van der Waals surface area contributed by atoms with Crippen molar-refractivity contribution >= 4 is 38.4 Å². The maximum Gasteiger partial charge on any atom is 0.205 e. The van der Waals surface area contributed by atoms with Crippen LogP contribution in [0.25, 0.3) is 0 Å². The van der Waals surface area contributed by atoms with Gasteiger partial charge in [0, 0.05) is 54.3 Å². The zero-order valence-corrected chi connectivity index (χ0v) is 14.0. The number of pyridine rings is 1. The van der Waals surface area contributed by atoms with Gasteiger partial charge in [0.2, 0.25) is 5.13 Å². The molecular formula is C14H16BrN5S. The van der Waals surface area contributed by atoms with E-state index in [4.69, 9.17) is 4.98 Å². The maximum absolute atomic E-state index is 4.70. The topological polar surface area (TPSA) is 45.2 Å². The number of piperazine rings is 1. The minimum Gasteiger partial charge on any atom is -0.353 e. The van der Waals surface area contributed by atoms with Crippen molar-refractivity contribution in [2.24, 2.45) is 0 Å². The van der Waals surface area contributed by atoms with Crippen molar-refractivity contribution in [1.82, 2.24) is 14.3 Å². The molecule has 1 saturated heterocycles. The molecular weight excluding hydrogens is 350 g/mol. The van der Waals surface area contributed by atoms with Gasteiger partial charge < -0.3 is 9.80 Å². The Morgan fingerprint density at radius 3 is 2.52 bits per heavy atom. The Balaban J connectivity index is 1.40. The highest BCUT2D eigenvalue weighted by atomic mass is 79.9. The summed E-state index contributed by atoms with van der Waals surface area (Å²) in [5.74, 6) is 2.75. The van der Waals surface area contributed by atoms with Crippen LogP contribution in [-0.2, 0) is 0 Å². The zero-order valence-electron chi connectivity index (χ0n) is 11.6. The number of nitrogens with zero attached hydrogens (tertiary/aromatic N) is 5. The Bertz CT molecular complexity index is 617. The number of hydrogen-bond donors (Lipinski definition) is 0. The lowest BCUT2D eigenvalue weighted by molar-refractivity contribution is 0.645. The molecule has 0 aromatic carbocycles. The summed E-state index contributed by atoms with van der Waals surface area (Å²) in [4.78, 5) is 13.8. The molecule has 2 aromatic heterocycles. The summed E-state index contributed by atoms with van der Waals surface area (Å²) in [5.41, 5.74) is 0. The van der Waals surface area contributed by atoms with Crippen LogP contribution >= 0.6 is 27.5 Å². The van der Waals surface area contributed by atoms with Crippen LogP contribution in [0.4, 0.5) is 10.9 Å². The van der Waals surface area contributed by atoms with Crippen molar-refractivity contribution in [1.29, 1.82) is 0 Å². The Morgan fingerprint density at radius 1 is 1.10 bits per heavy atom. The van der Waals surface area contributed by atoms with E-state index in [1.807, 2.05) is 12.3 Å². The van der Waals surface area contributed by atoms with Crippen LogP contribution in [0, 0.1) is 0 Å². The van der Waals surface area contributed by atoms with Crippen LogP contribution in [0.15, 0.2) is 22.8 Å². The average Bonchev–Trinajstić information content (AvgIpc) is 3.26. The van der Waals surface area contributed by atoms with Gasteiger partial charge in [-0.05, 0) is 40.9 Å². The van der Waals surface area contributed by atoms with Gasteiger partial charge in [0.25, 0.3) is 0 Å². The molecule has 1 aliphatic carbocycles. The normalized spacial score (nSPS) is 19.1. The SMILES string of the molecule is Brc1ccc(N2CCN(c3nc(C4CC4)ns3)CC2)nc1. The van der Waals surface area contributed by atoms with E-state index < -0.39 is 0 Å². The molecule has 0 bridgehead atoms. The van der Waals surface area contributed by atoms with Gasteiger partial charge in [-0.25, -0.2) is 9.97 Å². The number of anilines is 2. The monoisotopic (exact) mass is 365 g/mol. The molecule has 2 aliphatic rings. The van der Waals surface area contributed by atoms with Crippen molar-refractivity contribution in [3.63, 3.8) is 0 Å². The summed E-state index contributed by atoms with van der Waals surface area (Å²) in [5, 5.41) is 1.08. The third-order valence-corrected chi connectivity index (χ3v) is 5.22. The summed E-state index contributed by atoms with van der Waals surface area (Å²) in [6.45, 7) is 3.92. The fraction of sp³-hybridized carbons (Fsp3) is 0.500. The average molecular weight is 366 g/mol. The molecule has 2 fully saturated rings. The molecule has 1 saturated carbocycles. The number of aromatic nitrogens is 3. The lowest BCUT2D eigenvalue weighted by Gasteiger charge is -2.35. The smallest absolute Gasteiger partial charge is 0.205 e. The van der Waals surface area contributed by atoms with Crippen molar-refractivity contribution in [3.05, 3.63) is 28.6 Å². The lowest BCUT2D eigenvalue weighted by Crippen LogP contribution is -2.46. The van der Waals surface area contributed by atoms with Gasteiger partial charge in [0.15, 0.2) is 0 Å². The van der Waals surface area contributed by atoms with Crippen molar-refractivity contribution in [3.8, 4) is 0 Å². The van der Waals surface area contributed by atoms with Gasteiger partial charge in [-0.3, -0.25) is 0 Å². The summed E-state index contributed by atoms with van der Waals surface area (Å²) in [6.07, 6.45) is 4.38. The molecule has 0 unspecified atom stereocenters. The molecule has 5 nitrogen and oxygen atoms in total. The molecule has 1 aliphatic heterocycles. The highest BCUT2D eigenvalue weighted by molar-refractivity contribution is 9.10. The standard InChI is InChI=1S/C14H16BrN5S/c15-11-3-4-12(16-9-11)19-5-7-20(8-6-19)14-17-13(18-21-14)10-1-2-10/h3-4,9-10H,1-2,5-8H2. The molecule has 3 heterocycles. The Kier molecular flexibility index (Phi) is 3.54. The molecule has 0 atom stereocenters. The minimum atomic E-state index is 0.642. The van der Waals surface area contributed by atoms with E-state index in [0.717, 1.165) is 47.4 Å². The third-order valence-electron chi connectivity index (χ3n) is 3.96. The lowest BCUT2D eigenvalue weighted by atomic mass is 10.3. The van der Waals surface area contributed by atoms with E-state index >= 15 is 0 Å². The highest BCUT2D eigenvalue weighted by Gasteiger charge is 2.29. The van der Waals surface area contributed by atoms with E-state index in [-0.39, 0.29) is 0 Å². The Morgan fingerprint density at radius 2 is 1.86 bits per heavy atom. The first kappa shape index (κ1) is 13.5. The van der Waals surface area contributed by atoms with Crippen LogP contribution in [0.1, 0.15) is 24.6 Å². The second-order valence-corrected chi connectivity index (χ2v) is 7.16. The van der Waals surface area contributed by atoms with Crippen molar-refractivity contribution < 1.29 is 0 Å². The van der Waals surface area contributed by atoms with Crippen LogP contribution < -0.4 is 9.80 Å². The van der Waals surface area contributed by atoms with Crippen LogP contribution in [0.3, 0.4) is 0 Å². The quantitative estimate of drug-likeness (QED) is 0.836. The predicted octanol–water partition coefficient (Wildman–Crippen LogP) is 2.90. The highest BCUT2D eigenvalue weighted by Crippen LogP contribution is 2.39. The Hall–Kier alpha value is -1.21. The Labute approximate surface area is 136 Å². The van der Waals surface area contributed by atoms with E-state index in [9.17, 15) is 0 Å². The molecule has 0 N–H and O–H groups in total. The van der Waals surface area contributed by atoms with Crippen LogP contribution in [0.5, 0.6) is 0 Å². The van der Waals surface area contributed by atoms with Gasteiger partial charge in [-0.15, -0.1) is 0 Å². The van der Waals surface area contributed by atoms with E-state index in [2.05, 4.69) is 41.2 Å². The van der Waals surface area contributed by atoms with E-state index in [1.54, 1.807) is 11.5 Å². The molecule has 21 heavy (non-hydrogen) atoms. The number of rotatable bonds is 3.